The zero-order valence-electron chi connectivity index (χ0n) is 10.2. The van der Waals surface area contributed by atoms with E-state index in [4.69, 9.17) is 0 Å². The van der Waals surface area contributed by atoms with E-state index in [9.17, 15) is 0 Å². The molecule has 3 heteroatoms. The Morgan fingerprint density at radius 2 is 2.19 bits per heavy atom. The van der Waals surface area contributed by atoms with Crippen LogP contribution in [0, 0.1) is 6.92 Å². The van der Waals surface area contributed by atoms with E-state index in [-0.39, 0.29) is 0 Å². The summed E-state index contributed by atoms with van der Waals surface area (Å²) in [7, 11) is 2.20. The predicted octanol–water partition coefficient (Wildman–Crippen LogP) is 2.29. The van der Waals surface area contributed by atoms with Gasteiger partial charge in [0, 0.05) is 18.4 Å². The number of hydrogen-bond donors (Lipinski definition) is 1. The lowest BCUT2D eigenvalue weighted by Gasteiger charge is -2.18. The minimum Gasteiger partial charge on any atom is -0.381 e. The molecule has 0 saturated carbocycles. The van der Waals surface area contributed by atoms with Crippen molar-refractivity contribution in [3.63, 3.8) is 0 Å². The van der Waals surface area contributed by atoms with E-state index in [0.29, 0.717) is 6.04 Å². The largest absolute Gasteiger partial charge is 0.381 e. The maximum absolute atomic E-state index is 4.22. The number of hydrogen-bond acceptors (Lipinski definition) is 3. The molecule has 0 aliphatic carbocycles. The van der Waals surface area contributed by atoms with Gasteiger partial charge in [0.15, 0.2) is 0 Å². The average molecular weight is 219 g/mol. The Hall–Kier alpha value is -1.09. The number of nitrogens with zero attached hydrogens (tertiary/aromatic N) is 2. The van der Waals surface area contributed by atoms with Gasteiger partial charge in [0.05, 0.1) is 5.69 Å². The molecule has 2 heterocycles. The fraction of sp³-hybridized carbons (Fsp3) is 0.615. The molecule has 16 heavy (non-hydrogen) atoms. The number of nitrogens with one attached hydrogen (secondary N) is 1. The molecule has 88 valence electrons. The van der Waals surface area contributed by atoms with E-state index in [1.54, 1.807) is 0 Å². The number of aryl methyl sites for hydroxylation is 1. The van der Waals surface area contributed by atoms with Gasteiger partial charge in [0.1, 0.15) is 0 Å². The Kier molecular flexibility index (Phi) is 3.78. The maximum Gasteiger partial charge on any atom is 0.0531 e. The summed E-state index contributed by atoms with van der Waals surface area (Å²) in [6.07, 6.45) is 7.59. The molecule has 0 bridgehead atoms. The summed E-state index contributed by atoms with van der Waals surface area (Å²) >= 11 is 0. The predicted molar refractivity (Wildman–Crippen MR) is 67.7 cm³/mol. The smallest absolute Gasteiger partial charge is 0.0531 e. The fourth-order valence-electron chi connectivity index (χ4n) is 2.25. The first-order chi connectivity index (χ1) is 7.74. The van der Waals surface area contributed by atoms with Crippen LogP contribution in [0.3, 0.4) is 0 Å². The molecule has 1 aliphatic rings. The second kappa shape index (κ2) is 5.30. The normalized spacial score (nSPS) is 22.8. The van der Waals surface area contributed by atoms with Gasteiger partial charge < -0.3 is 10.2 Å². The molecule has 1 aliphatic heterocycles. The number of anilines is 1. The van der Waals surface area contributed by atoms with Crippen molar-refractivity contribution in [2.75, 3.05) is 25.5 Å². The Bertz CT molecular complexity index is 338. The Morgan fingerprint density at radius 3 is 3.00 bits per heavy atom. The van der Waals surface area contributed by atoms with Crippen LogP contribution in [0.5, 0.6) is 0 Å². The molecule has 0 radical (unpaired) electrons. The number of aromatic nitrogens is 1. The highest BCUT2D eigenvalue weighted by Crippen LogP contribution is 2.16. The third kappa shape index (κ3) is 3.20. The minimum absolute atomic E-state index is 0.605. The Balaban J connectivity index is 1.93. The van der Waals surface area contributed by atoms with Crippen molar-refractivity contribution < 1.29 is 0 Å². The summed E-state index contributed by atoms with van der Waals surface area (Å²) in [5.74, 6) is 0. The number of rotatable bonds is 2. The van der Waals surface area contributed by atoms with Gasteiger partial charge in [-0.3, -0.25) is 4.98 Å². The van der Waals surface area contributed by atoms with Crippen LogP contribution in [0.4, 0.5) is 5.69 Å². The lowest BCUT2D eigenvalue weighted by atomic mass is 10.1. The van der Waals surface area contributed by atoms with E-state index < -0.39 is 0 Å². The highest BCUT2D eigenvalue weighted by Gasteiger charge is 2.14. The van der Waals surface area contributed by atoms with Crippen molar-refractivity contribution in [3.8, 4) is 0 Å². The molecule has 1 aromatic heterocycles. The van der Waals surface area contributed by atoms with Crippen LogP contribution in [0.2, 0.25) is 0 Å². The summed E-state index contributed by atoms with van der Waals surface area (Å²) in [6.45, 7) is 4.50. The number of likely N-dealkylation sites (tertiary alicyclic amines) is 1. The van der Waals surface area contributed by atoms with Crippen LogP contribution >= 0.6 is 0 Å². The van der Waals surface area contributed by atoms with Crippen molar-refractivity contribution in [1.82, 2.24) is 9.88 Å². The maximum atomic E-state index is 4.22. The summed E-state index contributed by atoms with van der Waals surface area (Å²) in [5.41, 5.74) is 2.38. The number of pyridine rings is 1. The van der Waals surface area contributed by atoms with Gasteiger partial charge in [0.25, 0.3) is 0 Å². The Morgan fingerprint density at radius 1 is 1.31 bits per heavy atom. The van der Waals surface area contributed by atoms with E-state index in [1.165, 1.54) is 37.9 Å². The van der Waals surface area contributed by atoms with Gasteiger partial charge in [-0.1, -0.05) is 0 Å². The summed E-state index contributed by atoms with van der Waals surface area (Å²) in [4.78, 5) is 6.63. The van der Waals surface area contributed by atoms with E-state index in [2.05, 4.69) is 35.2 Å². The minimum atomic E-state index is 0.605. The molecule has 1 atom stereocenters. The van der Waals surface area contributed by atoms with Crippen LogP contribution in [-0.2, 0) is 0 Å². The third-order valence-electron chi connectivity index (χ3n) is 3.20. The lowest BCUT2D eigenvalue weighted by molar-refractivity contribution is 0.348. The molecule has 1 unspecified atom stereocenters. The van der Waals surface area contributed by atoms with Crippen LogP contribution < -0.4 is 5.32 Å². The summed E-state index contributed by atoms with van der Waals surface area (Å²) < 4.78 is 0. The molecule has 0 aromatic carbocycles. The van der Waals surface area contributed by atoms with E-state index in [1.807, 2.05) is 12.4 Å². The molecule has 1 N–H and O–H groups in total. The quantitative estimate of drug-likeness (QED) is 0.827. The summed E-state index contributed by atoms with van der Waals surface area (Å²) in [5, 5.41) is 3.59. The van der Waals surface area contributed by atoms with Gasteiger partial charge in [0.2, 0.25) is 0 Å². The van der Waals surface area contributed by atoms with E-state index >= 15 is 0 Å². The molecular formula is C13H21N3. The van der Waals surface area contributed by atoms with Gasteiger partial charge in [-0.15, -0.1) is 0 Å². The molecule has 0 amide bonds. The highest BCUT2D eigenvalue weighted by atomic mass is 15.1. The highest BCUT2D eigenvalue weighted by molar-refractivity contribution is 5.43. The second-order valence-corrected chi connectivity index (χ2v) is 4.83. The average Bonchev–Trinajstić information content (AvgIpc) is 2.44. The van der Waals surface area contributed by atoms with Crippen molar-refractivity contribution in [2.45, 2.75) is 32.2 Å². The van der Waals surface area contributed by atoms with Crippen LogP contribution in [0.25, 0.3) is 0 Å². The zero-order valence-corrected chi connectivity index (χ0v) is 10.2. The van der Waals surface area contributed by atoms with Crippen molar-refractivity contribution >= 4 is 5.69 Å². The van der Waals surface area contributed by atoms with Crippen LogP contribution in [0.15, 0.2) is 18.5 Å². The molecule has 3 nitrogen and oxygen atoms in total. The van der Waals surface area contributed by atoms with Crippen LogP contribution in [0.1, 0.15) is 24.8 Å². The zero-order chi connectivity index (χ0) is 11.4. The third-order valence-corrected chi connectivity index (χ3v) is 3.20. The molecule has 1 saturated heterocycles. The second-order valence-electron chi connectivity index (χ2n) is 4.83. The first-order valence-electron chi connectivity index (χ1n) is 6.11. The monoisotopic (exact) mass is 219 g/mol. The fourth-order valence-corrected chi connectivity index (χ4v) is 2.25. The van der Waals surface area contributed by atoms with Crippen LogP contribution in [-0.4, -0.2) is 36.1 Å². The van der Waals surface area contributed by atoms with Crippen molar-refractivity contribution in [3.05, 3.63) is 24.0 Å². The van der Waals surface area contributed by atoms with Crippen molar-refractivity contribution in [2.24, 2.45) is 0 Å². The van der Waals surface area contributed by atoms with Gasteiger partial charge in [-0.25, -0.2) is 0 Å². The van der Waals surface area contributed by atoms with E-state index in [0.717, 1.165) is 5.69 Å². The lowest BCUT2D eigenvalue weighted by Crippen LogP contribution is -2.23. The Labute approximate surface area is 97.9 Å². The summed E-state index contributed by atoms with van der Waals surface area (Å²) in [6, 6.07) is 2.77. The van der Waals surface area contributed by atoms with Gasteiger partial charge >= 0.3 is 0 Å². The molecule has 1 aromatic rings. The topological polar surface area (TPSA) is 28.2 Å². The molecule has 1 fully saturated rings. The molecular weight excluding hydrogens is 198 g/mol. The van der Waals surface area contributed by atoms with Gasteiger partial charge in [-0.05, 0) is 58.0 Å². The first kappa shape index (κ1) is 11.4. The SMILES string of the molecule is Cc1cncc(NC2CCCN(C)CC2)c1. The van der Waals surface area contributed by atoms with Gasteiger partial charge in [-0.2, -0.15) is 0 Å². The standard InChI is InChI=1S/C13H21N3/c1-11-8-13(10-14-9-11)15-12-4-3-6-16(2)7-5-12/h8-10,12,15H,3-7H2,1-2H3. The molecule has 2 rings (SSSR count). The van der Waals surface area contributed by atoms with Crippen molar-refractivity contribution in [1.29, 1.82) is 0 Å². The molecule has 0 spiro atoms. The first-order valence-corrected chi connectivity index (χ1v) is 6.11.